The Morgan fingerprint density at radius 1 is 1.32 bits per heavy atom. The van der Waals surface area contributed by atoms with Gasteiger partial charge in [0.2, 0.25) is 5.91 Å². The molecule has 0 aromatic heterocycles. The molecule has 1 aliphatic rings. The zero-order chi connectivity index (χ0) is 14.4. The van der Waals surface area contributed by atoms with Crippen LogP contribution in [0.2, 0.25) is 0 Å². The molecule has 1 saturated heterocycles. The number of amides is 1. The highest BCUT2D eigenvalue weighted by molar-refractivity contribution is 7.99. The summed E-state index contributed by atoms with van der Waals surface area (Å²) >= 11 is 1.96. The van der Waals surface area contributed by atoms with Crippen LogP contribution in [0.1, 0.15) is 53.9 Å². The van der Waals surface area contributed by atoms with E-state index in [-0.39, 0.29) is 12.2 Å². The zero-order valence-corrected chi connectivity index (χ0v) is 13.9. The lowest BCUT2D eigenvalue weighted by Gasteiger charge is -2.31. The van der Waals surface area contributed by atoms with Crippen molar-refractivity contribution in [2.45, 2.75) is 72.1 Å². The van der Waals surface area contributed by atoms with Gasteiger partial charge in [-0.3, -0.25) is 10.1 Å². The molecule has 1 N–H and O–H groups in total. The van der Waals surface area contributed by atoms with E-state index in [1.54, 1.807) is 0 Å². The van der Waals surface area contributed by atoms with E-state index in [2.05, 4.69) is 44.8 Å². The zero-order valence-electron chi connectivity index (χ0n) is 13.1. The normalized spacial score (nSPS) is 25.4. The third-order valence-electron chi connectivity index (χ3n) is 3.74. The molecule has 4 heteroatoms. The van der Waals surface area contributed by atoms with Crippen LogP contribution in [0.4, 0.5) is 0 Å². The van der Waals surface area contributed by atoms with Crippen molar-refractivity contribution in [1.29, 1.82) is 0 Å². The summed E-state index contributed by atoms with van der Waals surface area (Å²) in [6, 6.07) is 0.379. The smallest absolute Gasteiger partial charge is 0.241 e. The summed E-state index contributed by atoms with van der Waals surface area (Å²) < 4.78 is 0. The van der Waals surface area contributed by atoms with Gasteiger partial charge < -0.3 is 4.90 Å². The second-order valence-corrected chi connectivity index (χ2v) is 7.25. The highest BCUT2D eigenvalue weighted by Crippen LogP contribution is 2.23. The van der Waals surface area contributed by atoms with Crippen molar-refractivity contribution >= 4 is 17.7 Å². The molecular formula is C15H30N2OS. The molecule has 3 nitrogen and oxygen atoms in total. The van der Waals surface area contributed by atoms with Gasteiger partial charge in [-0.2, -0.15) is 11.8 Å². The van der Waals surface area contributed by atoms with Gasteiger partial charge in [-0.25, -0.2) is 0 Å². The van der Waals surface area contributed by atoms with Gasteiger partial charge in [0.05, 0.1) is 12.2 Å². The third kappa shape index (κ3) is 4.67. The number of thioether (sulfide) groups is 1. The number of rotatable bonds is 8. The van der Waals surface area contributed by atoms with Crippen LogP contribution in [0.15, 0.2) is 0 Å². The molecule has 0 radical (unpaired) electrons. The van der Waals surface area contributed by atoms with E-state index in [1.807, 2.05) is 11.8 Å². The minimum atomic E-state index is 0.0324. The lowest BCUT2D eigenvalue weighted by molar-refractivity contribution is -0.132. The van der Waals surface area contributed by atoms with E-state index in [1.165, 1.54) is 0 Å². The second-order valence-electron chi connectivity index (χ2n) is 5.85. The van der Waals surface area contributed by atoms with Gasteiger partial charge in [-0.1, -0.05) is 27.7 Å². The molecular weight excluding hydrogens is 256 g/mol. The molecule has 19 heavy (non-hydrogen) atoms. The first-order valence-corrected chi connectivity index (χ1v) is 8.82. The summed E-state index contributed by atoms with van der Waals surface area (Å²) in [5, 5.41) is 3.51. The van der Waals surface area contributed by atoms with Gasteiger partial charge in [0.15, 0.2) is 0 Å². The van der Waals surface area contributed by atoms with Crippen molar-refractivity contribution in [3.05, 3.63) is 0 Å². The first-order valence-electron chi connectivity index (χ1n) is 7.67. The fourth-order valence-corrected chi connectivity index (χ4v) is 3.50. The topological polar surface area (TPSA) is 32.3 Å². The summed E-state index contributed by atoms with van der Waals surface area (Å²) in [6.45, 7) is 10.9. The summed E-state index contributed by atoms with van der Waals surface area (Å²) in [4.78, 5) is 14.6. The van der Waals surface area contributed by atoms with E-state index in [4.69, 9.17) is 0 Å². The third-order valence-corrected chi connectivity index (χ3v) is 4.68. The first kappa shape index (κ1) is 16.8. The molecule has 112 valence electrons. The quantitative estimate of drug-likeness (QED) is 0.696. The first-order chi connectivity index (χ1) is 9.01. The van der Waals surface area contributed by atoms with E-state index < -0.39 is 0 Å². The van der Waals surface area contributed by atoms with Crippen molar-refractivity contribution in [1.82, 2.24) is 10.2 Å². The molecule has 3 unspecified atom stereocenters. The molecule has 0 aromatic rings. The SMILES string of the molecule is CCSCCC(C)N1C(=O)C(CC)NC1CC(C)C. The Labute approximate surface area is 122 Å². The predicted octanol–water partition coefficient (Wildman–Crippen LogP) is 3.10. The second kappa shape index (κ2) is 8.15. The Morgan fingerprint density at radius 2 is 2.00 bits per heavy atom. The number of nitrogens with one attached hydrogen (secondary N) is 1. The standard InChI is InChI=1S/C15H30N2OS/c1-6-13-15(18)17(12(5)8-9-19-7-2)14(16-13)10-11(3)4/h11-14,16H,6-10H2,1-5H3. The molecule has 0 spiro atoms. The van der Waals surface area contributed by atoms with Crippen LogP contribution in [0.3, 0.4) is 0 Å². The molecule has 3 atom stereocenters. The van der Waals surface area contributed by atoms with Crippen molar-refractivity contribution in [2.24, 2.45) is 5.92 Å². The number of nitrogens with zero attached hydrogens (tertiary/aromatic N) is 1. The Kier molecular flexibility index (Phi) is 7.22. The fraction of sp³-hybridized carbons (Fsp3) is 0.933. The average Bonchev–Trinajstić information content (AvgIpc) is 2.65. The minimum absolute atomic E-state index is 0.0324. The lowest BCUT2D eigenvalue weighted by atomic mass is 10.1. The maximum atomic E-state index is 12.5. The van der Waals surface area contributed by atoms with Crippen LogP contribution < -0.4 is 5.32 Å². The van der Waals surface area contributed by atoms with Gasteiger partial charge in [-0.05, 0) is 43.6 Å². The van der Waals surface area contributed by atoms with Crippen LogP contribution in [0, 0.1) is 5.92 Å². The van der Waals surface area contributed by atoms with E-state index >= 15 is 0 Å². The van der Waals surface area contributed by atoms with E-state index in [0.717, 1.165) is 30.8 Å². The van der Waals surface area contributed by atoms with E-state index in [9.17, 15) is 4.79 Å². The molecule has 1 fully saturated rings. The molecule has 1 heterocycles. The monoisotopic (exact) mass is 286 g/mol. The molecule has 1 amide bonds. The van der Waals surface area contributed by atoms with Gasteiger partial charge in [0.1, 0.15) is 0 Å². The van der Waals surface area contributed by atoms with E-state index in [0.29, 0.717) is 17.9 Å². The molecule has 0 aromatic carbocycles. The molecule has 0 bridgehead atoms. The lowest BCUT2D eigenvalue weighted by Crippen LogP contribution is -2.44. The van der Waals surface area contributed by atoms with Crippen LogP contribution in [-0.4, -0.2) is 40.6 Å². The largest absolute Gasteiger partial charge is 0.323 e. The van der Waals surface area contributed by atoms with Crippen LogP contribution in [0.5, 0.6) is 0 Å². The van der Waals surface area contributed by atoms with Crippen LogP contribution in [-0.2, 0) is 4.79 Å². The van der Waals surface area contributed by atoms with Gasteiger partial charge in [-0.15, -0.1) is 0 Å². The van der Waals surface area contributed by atoms with Gasteiger partial charge in [0, 0.05) is 6.04 Å². The molecule has 0 aliphatic carbocycles. The molecule has 0 saturated carbocycles. The maximum Gasteiger partial charge on any atom is 0.241 e. The predicted molar refractivity (Wildman–Crippen MR) is 84.4 cm³/mol. The summed E-state index contributed by atoms with van der Waals surface area (Å²) in [6.07, 6.45) is 3.27. The number of carbonyl (C=O) groups is 1. The van der Waals surface area contributed by atoms with Crippen molar-refractivity contribution in [3.8, 4) is 0 Å². The molecule has 1 rings (SSSR count). The minimum Gasteiger partial charge on any atom is -0.323 e. The van der Waals surface area contributed by atoms with Crippen molar-refractivity contribution < 1.29 is 4.79 Å². The Balaban J connectivity index is 2.65. The van der Waals surface area contributed by atoms with Gasteiger partial charge in [0.25, 0.3) is 0 Å². The number of hydrogen-bond donors (Lipinski definition) is 1. The summed E-state index contributed by atoms with van der Waals surface area (Å²) in [7, 11) is 0. The Morgan fingerprint density at radius 3 is 2.53 bits per heavy atom. The highest BCUT2D eigenvalue weighted by Gasteiger charge is 2.39. The summed E-state index contributed by atoms with van der Waals surface area (Å²) in [5.41, 5.74) is 0. The summed E-state index contributed by atoms with van der Waals surface area (Å²) in [5.74, 6) is 3.22. The van der Waals surface area contributed by atoms with Crippen molar-refractivity contribution in [2.75, 3.05) is 11.5 Å². The van der Waals surface area contributed by atoms with Gasteiger partial charge >= 0.3 is 0 Å². The van der Waals surface area contributed by atoms with Crippen LogP contribution in [0.25, 0.3) is 0 Å². The fourth-order valence-electron chi connectivity index (χ4n) is 2.70. The Bertz CT molecular complexity index is 283. The Hall–Kier alpha value is -0.220. The van der Waals surface area contributed by atoms with Crippen molar-refractivity contribution in [3.63, 3.8) is 0 Å². The number of hydrogen-bond acceptors (Lipinski definition) is 3. The maximum absolute atomic E-state index is 12.5. The number of carbonyl (C=O) groups excluding carboxylic acids is 1. The van der Waals surface area contributed by atoms with Crippen LogP contribution >= 0.6 is 11.8 Å². The molecule has 1 aliphatic heterocycles. The highest BCUT2D eigenvalue weighted by atomic mass is 32.2. The average molecular weight is 286 g/mol.